The fraction of sp³-hybridized carbons (Fsp3) is 0.125. The molecule has 0 aliphatic carbocycles. The third-order valence-corrected chi connectivity index (χ3v) is 5.38. The van der Waals surface area contributed by atoms with E-state index in [0.717, 1.165) is 0 Å². The highest BCUT2D eigenvalue weighted by molar-refractivity contribution is 5.98. The summed E-state index contributed by atoms with van der Waals surface area (Å²) in [5.74, 6) is -4.02. The predicted molar refractivity (Wildman–Crippen MR) is 107 cm³/mol. The van der Waals surface area contributed by atoms with E-state index in [2.05, 4.69) is 0 Å². The van der Waals surface area contributed by atoms with Gasteiger partial charge in [-0.3, -0.25) is 4.79 Å². The zero-order valence-corrected chi connectivity index (χ0v) is 16.1. The Kier molecular flexibility index (Phi) is 5.11. The molecule has 2 nitrogen and oxygen atoms in total. The van der Waals surface area contributed by atoms with Gasteiger partial charge in [-0.05, 0) is 44.8 Å². The number of rotatable bonds is 3. The Bertz CT molecular complexity index is 1240. The molecule has 0 atom stereocenters. The summed E-state index contributed by atoms with van der Waals surface area (Å²) in [5, 5.41) is 10.5. The number of halogens is 6. The second-order valence-electron chi connectivity index (χ2n) is 7.26. The molecule has 0 aliphatic heterocycles. The van der Waals surface area contributed by atoms with Gasteiger partial charge in [0.15, 0.2) is 0 Å². The van der Waals surface area contributed by atoms with Crippen LogP contribution in [0.25, 0.3) is 21.5 Å². The maximum Gasteiger partial charge on any atom is 0.416 e. The highest BCUT2D eigenvalue weighted by Gasteiger charge is 2.43. The first kappa shape index (κ1) is 21.7. The Morgan fingerprint density at radius 3 is 1.34 bits per heavy atom. The van der Waals surface area contributed by atoms with Crippen LogP contribution in [0.3, 0.4) is 0 Å². The highest BCUT2D eigenvalue weighted by Crippen LogP contribution is 2.46. The first-order valence-corrected chi connectivity index (χ1v) is 9.40. The van der Waals surface area contributed by atoms with E-state index in [1.54, 1.807) is 12.1 Å². The predicted octanol–water partition coefficient (Wildman–Crippen LogP) is 7.25. The summed E-state index contributed by atoms with van der Waals surface area (Å²) in [6.45, 7) is 0. The van der Waals surface area contributed by atoms with Crippen LogP contribution in [0.15, 0.2) is 72.8 Å². The standard InChI is InChI=1S/C24H14F6O2/c25-23(26,27)17-11-9-13-5-1-3-7-15(13)19(17)21(22(31)32)20-16-8-4-2-6-14(16)10-12-18(20)24(28,29)30/h1-12,21H,(H,31,32). The molecule has 32 heavy (non-hydrogen) atoms. The van der Waals surface area contributed by atoms with Crippen molar-refractivity contribution in [3.63, 3.8) is 0 Å². The molecular formula is C24H14F6O2. The molecule has 0 aromatic heterocycles. The molecule has 0 aliphatic rings. The first-order valence-electron chi connectivity index (χ1n) is 9.40. The number of hydrogen-bond acceptors (Lipinski definition) is 1. The molecule has 0 heterocycles. The van der Waals surface area contributed by atoms with Crippen LogP contribution < -0.4 is 0 Å². The van der Waals surface area contributed by atoms with E-state index in [9.17, 15) is 36.2 Å². The second-order valence-corrected chi connectivity index (χ2v) is 7.26. The second kappa shape index (κ2) is 7.55. The number of carbonyl (C=O) groups is 1. The minimum atomic E-state index is -4.98. The number of hydrogen-bond donors (Lipinski definition) is 1. The van der Waals surface area contributed by atoms with Gasteiger partial charge in [-0.1, -0.05) is 60.7 Å². The topological polar surface area (TPSA) is 37.3 Å². The van der Waals surface area contributed by atoms with Gasteiger partial charge < -0.3 is 5.11 Å². The number of carboxylic acid groups (broad SMARTS) is 1. The largest absolute Gasteiger partial charge is 0.481 e. The summed E-state index contributed by atoms with van der Waals surface area (Å²) >= 11 is 0. The maximum absolute atomic E-state index is 13.9. The number of alkyl halides is 6. The van der Waals surface area contributed by atoms with Crippen molar-refractivity contribution < 1.29 is 36.2 Å². The molecule has 164 valence electrons. The zero-order valence-electron chi connectivity index (χ0n) is 16.1. The highest BCUT2D eigenvalue weighted by atomic mass is 19.4. The van der Waals surface area contributed by atoms with E-state index >= 15 is 0 Å². The average molecular weight is 448 g/mol. The summed E-state index contributed by atoms with van der Waals surface area (Å²) in [4.78, 5) is 12.4. The van der Waals surface area contributed by atoms with Crippen molar-refractivity contribution in [3.05, 3.63) is 95.1 Å². The Morgan fingerprint density at radius 2 is 1.00 bits per heavy atom. The Morgan fingerprint density at radius 1 is 0.625 bits per heavy atom. The number of fused-ring (bicyclic) bond motifs is 2. The van der Waals surface area contributed by atoms with Crippen molar-refractivity contribution >= 4 is 27.5 Å². The monoisotopic (exact) mass is 448 g/mol. The molecule has 0 spiro atoms. The Labute approximate surface area is 177 Å². The van der Waals surface area contributed by atoms with Crippen LogP contribution >= 0.6 is 0 Å². The number of carboxylic acids is 1. The quantitative estimate of drug-likeness (QED) is 0.335. The van der Waals surface area contributed by atoms with E-state index in [-0.39, 0.29) is 21.5 Å². The van der Waals surface area contributed by atoms with Crippen LogP contribution in [0.5, 0.6) is 0 Å². The molecule has 0 bridgehead atoms. The van der Waals surface area contributed by atoms with Crippen molar-refractivity contribution in [2.24, 2.45) is 0 Å². The number of aliphatic carboxylic acids is 1. The first-order chi connectivity index (χ1) is 15.0. The fourth-order valence-electron chi connectivity index (χ4n) is 4.10. The minimum absolute atomic E-state index is 0.0733. The summed E-state index contributed by atoms with van der Waals surface area (Å²) in [6, 6.07) is 15.2. The van der Waals surface area contributed by atoms with Gasteiger partial charge in [0.05, 0.1) is 11.1 Å². The van der Waals surface area contributed by atoms with Crippen molar-refractivity contribution in [2.45, 2.75) is 18.3 Å². The molecule has 8 heteroatoms. The Balaban J connectivity index is 2.21. The van der Waals surface area contributed by atoms with Crippen LogP contribution in [-0.4, -0.2) is 11.1 Å². The molecule has 0 amide bonds. The van der Waals surface area contributed by atoms with Crippen molar-refractivity contribution in [1.29, 1.82) is 0 Å². The van der Waals surface area contributed by atoms with E-state index in [0.29, 0.717) is 12.1 Å². The zero-order chi connectivity index (χ0) is 23.3. The lowest BCUT2D eigenvalue weighted by Crippen LogP contribution is -2.23. The van der Waals surface area contributed by atoms with Gasteiger partial charge in [-0.15, -0.1) is 0 Å². The molecule has 0 unspecified atom stereocenters. The van der Waals surface area contributed by atoms with Gasteiger partial charge in [0.2, 0.25) is 0 Å². The van der Waals surface area contributed by atoms with Gasteiger partial charge in [0.25, 0.3) is 0 Å². The molecule has 0 saturated heterocycles. The van der Waals surface area contributed by atoms with Crippen LogP contribution in [0.1, 0.15) is 28.2 Å². The molecule has 0 saturated carbocycles. The molecular weight excluding hydrogens is 434 g/mol. The van der Waals surface area contributed by atoms with E-state index in [1.165, 1.54) is 48.5 Å². The average Bonchev–Trinajstić information content (AvgIpc) is 2.72. The van der Waals surface area contributed by atoms with Crippen molar-refractivity contribution in [2.75, 3.05) is 0 Å². The van der Waals surface area contributed by atoms with Gasteiger partial charge in [0, 0.05) is 0 Å². The molecule has 0 fully saturated rings. The lowest BCUT2D eigenvalue weighted by molar-refractivity contribution is -0.141. The molecule has 4 aromatic carbocycles. The van der Waals surface area contributed by atoms with Crippen LogP contribution in [0.2, 0.25) is 0 Å². The summed E-state index contributed by atoms with van der Waals surface area (Å²) in [5.41, 5.74) is -4.01. The van der Waals surface area contributed by atoms with Crippen LogP contribution in [0.4, 0.5) is 26.3 Å². The number of benzene rings is 4. The smallest absolute Gasteiger partial charge is 0.416 e. The van der Waals surface area contributed by atoms with Gasteiger partial charge in [-0.25, -0.2) is 0 Å². The molecule has 4 aromatic rings. The fourth-order valence-corrected chi connectivity index (χ4v) is 4.10. The lowest BCUT2D eigenvalue weighted by Gasteiger charge is -2.25. The van der Waals surface area contributed by atoms with E-state index in [4.69, 9.17) is 0 Å². The maximum atomic E-state index is 13.9. The van der Waals surface area contributed by atoms with Crippen molar-refractivity contribution in [3.8, 4) is 0 Å². The third kappa shape index (κ3) is 3.66. The molecule has 4 rings (SSSR count). The van der Waals surface area contributed by atoms with Crippen LogP contribution in [-0.2, 0) is 17.1 Å². The summed E-state index contributed by atoms with van der Waals surface area (Å²) in [7, 11) is 0. The Hall–Kier alpha value is -3.55. The SMILES string of the molecule is O=C(O)C(c1c(C(F)(F)F)ccc2ccccc12)c1c(C(F)(F)F)ccc2ccccc12. The van der Waals surface area contributed by atoms with E-state index < -0.39 is 46.5 Å². The van der Waals surface area contributed by atoms with Crippen molar-refractivity contribution in [1.82, 2.24) is 0 Å². The van der Waals surface area contributed by atoms with Crippen LogP contribution in [0, 0.1) is 0 Å². The van der Waals surface area contributed by atoms with Gasteiger partial charge in [-0.2, -0.15) is 26.3 Å². The van der Waals surface area contributed by atoms with Gasteiger partial charge in [0.1, 0.15) is 5.92 Å². The lowest BCUT2D eigenvalue weighted by atomic mass is 9.80. The summed E-state index contributed by atoms with van der Waals surface area (Å²) < 4.78 is 83.7. The molecule has 0 radical (unpaired) electrons. The summed E-state index contributed by atoms with van der Waals surface area (Å²) in [6.07, 6.45) is -9.95. The van der Waals surface area contributed by atoms with E-state index in [1.807, 2.05) is 0 Å². The third-order valence-electron chi connectivity index (χ3n) is 5.38. The van der Waals surface area contributed by atoms with Gasteiger partial charge >= 0.3 is 18.3 Å². The normalized spacial score (nSPS) is 12.6. The molecule has 1 N–H and O–H groups in total. The minimum Gasteiger partial charge on any atom is -0.481 e.